The zero-order chi connectivity index (χ0) is 6.57. The quantitative estimate of drug-likeness (QED) is 0.587. The van der Waals surface area contributed by atoms with Crippen LogP contribution >= 0.6 is 11.6 Å². The molecule has 0 amide bonds. The molecule has 0 aromatic carbocycles. The summed E-state index contributed by atoms with van der Waals surface area (Å²) in [5, 5.41) is 8.94. The summed E-state index contributed by atoms with van der Waals surface area (Å²) in [5.41, 5.74) is 0. The molecule has 0 fully saturated rings. The van der Waals surface area contributed by atoms with Crippen molar-refractivity contribution < 1.29 is 5.11 Å². The maximum Gasteiger partial charge on any atom is 0.0701 e. The van der Waals surface area contributed by atoms with Gasteiger partial charge in [0.15, 0.2) is 0 Å². The lowest BCUT2D eigenvalue weighted by Gasteiger charge is -2.11. The molecule has 0 bridgehead atoms. The Labute approximate surface area is 55.7 Å². The molecule has 0 aliphatic heterocycles. The number of hydrogen-bond donors (Lipinski definition) is 1. The fourth-order valence-corrected chi connectivity index (χ4v) is 0.706. The van der Waals surface area contributed by atoms with Crippen LogP contribution in [0.1, 0.15) is 26.7 Å². The minimum absolute atomic E-state index is 0.0556. The first-order valence-corrected chi connectivity index (χ1v) is 3.48. The number of halogens is 1. The van der Waals surface area contributed by atoms with Crippen LogP contribution in [0.15, 0.2) is 0 Å². The Morgan fingerprint density at radius 1 is 1.38 bits per heavy atom. The maximum atomic E-state index is 8.99. The van der Waals surface area contributed by atoms with Crippen molar-refractivity contribution >= 4 is 11.6 Å². The van der Waals surface area contributed by atoms with Crippen molar-refractivity contribution in [1.82, 2.24) is 0 Å². The Bertz CT molecular complexity index is 48.5. The molecule has 1 nitrogen and oxygen atoms in total. The average molecular weight is 137 g/mol. The minimum Gasteiger partial charge on any atom is -0.392 e. The van der Waals surface area contributed by atoms with Crippen LogP contribution in [-0.4, -0.2) is 16.6 Å². The number of alkyl halides is 1. The molecule has 0 heterocycles. The fraction of sp³-hybridized carbons (Fsp3) is 1.00. The molecule has 0 saturated carbocycles. The van der Waals surface area contributed by atoms with E-state index in [1.54, 1.807) is 0 Å². The lowest BCUT2D eigenvalue weighted by atomic mass is 10.1. The molecule has 0 unspecified atom stereocenters. The molecule has 0 aromatic heterocycles. The van der Waals surface area contributed by atoms with Crippen molar-refractivity contribution in [3.8, 4) is 0 Å². The minimum atomic E-state index is -0.318. The van der Waals surface area contributed by atoms with Gasteiger partial charge < -0.3 is 5.11 Å². The van der Waals surface area contributed by atoms with Crippen LogP contribution in [0.5, 0.6) is 0 Å². The van der Waals surface area contributed by atoms with Gasteiger partial charge in [0.1, 0.15) is 0 Å². The van der Waals surface area contributed by atoms with E-state index in [2.05, 4.69) is 0 Å². The molecule has 0 saturated heterocycles. The highest BCUT2D eigenvalue weighted by Crippen LogP contribution is 2.08. The van der Waals surface area contributed by atoms with E-state index in [9.17, 15) is 0 Å². The van der Waals surface area contributed by atoms with Crippen LogP contribution in [0.3, 0.4) is 0 Å². The molecule has 0 aliphatic carbocycles. The van der Waals surface area contributed by atoms with Crippen LogP contribution < -0.4 is 0 Å². The van der Waals surface area contributed by atoms with Crippen LogP contribution in [0, 0.1) is 0 Å². The highest BCUT2D eigenvalue weighted by Gasteiger charge is 2.10. The number of hydrogen-bond acceptors (Lipinski definition) is 1. The standard InChI is InChI=1S/C6H13ClO/c1-3-5(7)6(8)4-2/h5-6,8H,3-4H2,1-2H3/t5-,6-/m1/s1. The average Bonchev–Trinajstić information content (AvgIpc) is 1.84. The van der Waals surface area contributed by atoms with Crippen molar-refractivity contribution in [1.29, 1.82) is 0 Å². The monoisotopic (exact) mass is 136 g/mol. The van der Waals surface area contributed by atoms with Gasteiger partial charge in [-0.15, -0.1) is 11.6 Å². The second kappa shape index (κ2) is 4.16. The van der Waals surface area contributed by atoms with Gasteiger partial charge in [-0.25, -0.2) is 0 Å². The molecule has 1 N–H and O–H groups in total. The van der Waals surface area contributed by atoms with Gasteiger partial charge in [0.25, 0.3) is 0 Å². The van der Waals surface area contributed by atoms with Crippen LogP contribution in [-0.2, 0) is 0 Å². The van der Waals surface area contributed by atoms with E-state index >= 15 is 0 Å². The molecule has 50 valence electrons. The first-order valence-electron chi connectivity index (χ1n) is 3.04. The summed E-state index contributed by atoms with van der Waals surface area (Å²) in [6.07, 6.45) is 1.28. The molecule has 0 rings (SSSR count). The van der Waals surface area contributed by atoms with E-state index < -0.39 is 0 Å². The van der Waals surface area contributed by atoms with Crippen molar-refractivity contribution in [2.75, 3.05) is 0 Å². The summed E-state index contributed by atoms with van der Waals surface area (Å²) >= 11 is 5.67. The molecule has 0 aromatic rings. The van der Waals surface area contributed by atoms with E-state index in [1.165, 1.54) is 0 Å². The Hall–Kier alpha value is 0.250. The molecular formula is C6H13ClO. The summed E-state index contributed by atoms with van der Waals surface area (Å²) in [7, 11) is 0. The topological polar surface area (TPSA) is 20.2 Å². The third kappa shape index (κ3) is 2.53. The lowest BCUT2D eigenvalue weighted by molar-refractivity contribution is 0.163. The summed E-state index contributed by atoms with van der Waals surface area (Å²) in [6.45, 7) is 3.90. The molecule has 0 spiro atoms. The first kappa shape index (κ1) is 8.25. The van der Waals surface area contributed by atoms with Gasteiger partial charge in [-0.2, -0.15) is 0 Å². The zero-order valence-corrected chi connectivity index (χ0v) is 6.15. The maximum absolute atomic E-state index is 8.99. The van der Waals surface area contributed by atoms with Crippen LogP contribution in [0.2, 0.25) is 0 Å². The Kier molecular flexibility index (Phi) is 4.29. The molecule has 0 aliphatic rings. The molecule has 8 heavy (non-hydrogen) atoms. The van der Waals surface area contributed by atoms with Gasteiger partial charge in [0.05, 0.1) is 11.5 Å². The predicted molar refractivity (Wildman–Crippen MR) is 36.2 cm³/mol. The van der Waals surface area contributed by atoms with Gasteiger partial charge in [0, 0.05) is 0 Å². The highest BCUT2D eigenvalue weighted by molar-refractivity contribution is 6.20. The van der Waals surface area contributed by atoms with E-state index in [-0.39, 0.29) is 11.5 Å². The summed E-state index contributed by atoms with van der Waals surface area (Å²) in [4.78, 5) is 0. The molecule has 0 radical (unpaired) electrons. The van der Waals surface area contributed by atoms with E-state index in [4.69, 9.17) is 16.7 Å². The number of aliphatic hydroxyl groups is 1. The SMILES string of the molecule is CC[C@@H](O)[C@H](Cl)CC. The Morgan fingerprint density at radius 2 is 1.88 bits per heavy atom. The van der Waals surface area contributed by atoms with Gasteiger partial charge in [-0.1, -0.05) is 13.8 Å². The number of aliphatic hydroxyl groups excluding tert-OH is 1. The molecule has 2 heteroatoms. The highest BCUT2D eigenvalue weighted by atomic mass is 35.5. The van der Waals surface area contributed by atoms with E-state index in [0.717, 1.165) is 12.8 Å². The van der Waals surface area contributed by atoms with E-state index in [1.807, 2.05) is 13.8 Å². The summed E-state index contributed by atoms with van der Waals surface area (Å²) in [5.74, 6) is 0. The van der Waals surface area contributed by atoms with Crippen LogP contribution in [0.25, 0.3) is 0 Å². The van der Waals surface area contributed by atoms with Gasteiger partial charge in [-0.3, -0.25) is 0 Å². The lowest BCUT2D eigenvalue weighted by Crippen LogP contribution is -2.18. The fourth-order valence-electron chi connectivity index (χ4n) is 0.528. The van der Waals surface area contributed by atoms with Gasteiger partial charge in [0.2, 0.25) is 0 Å². The number of rotatable bonds is 3. The largest absolute Gasteiger partial charge is 0.392 e. The van der Waals surface area contributed by atoms with Crippen molar-refractivity contribution in [3.05, 3.63) is 0 Å². The molecule has 2 atom stereocenters. The van der Waals surface area contributed by atoms with Crippen LogP contribution in [0.4, 0.5) is 0 Å². The molecular weight excluding hydrogens is 124 g/mol. The smallest absolute Gasteiger partial charge is 0.0701 e. The summed E-state index contributed by atoms with van der Waals surface area (Å²) < 4.78 is 0. The summed E-state index contributed by atoms with van der Waals surface area (Å²) in [6, 6.07) is 0. The van der Waals surface area contributed by atoms with Gasteiger partial charge in [-0.05, 0) is 12.8 Å². The third-order valence-electron chi connectivity index (χ3n) is 1.23. The predicted octanol–water partition coefficient (Wildman–Crippen LogP) is 1.77. The Balaban J connectivity index is 3.29. The van der Waals surface area contributed by atoms with E-state index in [0.29, 0.717) is 0 Å². The van der Waals surface area contributed by atoms with Crippen molar-refractivity contribution in [2.24, 2.45) is 0 Å². The zero-order valence-electron chi connectivity index (χ0n) is 5.39. The second-order valence-electron chi connectivity index (χ2n) is 1.90. The van der Waals surface area contributed by atoms with Crippen molar-refractivity contribution in [3.63, 3.8) is 0 Å². The normalized spacial score (nSPS) is 18.0. The van der Waals surface area contributed by atoms with Crippen molar-refractivity contribution in [2.45, 2.75) is 38.2 Å². The third-order valence-corrected chi connectivity index (χ3v) is 1.83. The first-order chi connectivity index (χ1) is 3.72. The Morgan fingerprint density at radius 3 is 2.00 bits per heavy atom. The van der Waals surface area contributed by atoms with Gasteiger partial charge >= 0.3 is 0 Å². The second-order valence-corrected chi connectivity index (χ2v) is 2.46.